The number of likely N-dealkylation sites (N-methyl/N-ethyl adjacent to an activating group) is 1. The zero-order valence-corrected chi connectivity index (χ0v) is 17.8. The lowest BCUT2D eigenvalue weighted by Crippen LogP contribution is -2.49. The van der Waals surface area contributed by atoms with E-state index < -0.39 is 0 Å². The van der Waals surface area contributed by atoms with Crippen LogP contribution in [0.2, 0.25) is 0 Å². The SMILES string of the molecule is CN1CCN(C(=O)c2nn(-c3ccc(F)cc3)c3c2CCCC3)C(c2ccccc2)C1. The fourth-order valence-corrected chi connectivity index (χ4v) is 4.83. The number of aromatic nitrogens is 2. The molecule has 0 saturated carbocycles. The van der Waals surface area contributed by atoms with E-state index in [-0.39, 0.29) is 17.8 Å². The first kappa shape index (κ1) is 19.9. The largest absolute Gasteiger partial charge is 0.328 e. The minimum absolute atomic E-state index is 0.000893. The van der Waals surface area contributed by atoms with Crippen LogP contribution in [0.5, 0.6) is 0 Å². The molecule has 2 heterocycles. The van der Waals surface area contributed by atoms with Crippen molar-refractivity contribution in [3.63, 3.8) is 0 Å². The second-order valence-electron chi connectivity index (χ2n) is 8.56. The molecule has 160 valence electrons. The average molecular weight is 419 g/mol. The first-order valence-electron chi connectivity index (χ1n) is 11.0. The highest BCUT2D eigenvalue weighted by Gasteiger charge is 2.35. The number of benzene rings is 2. The predicted octanol–water partition coefficient (Wildman–Crippen LogP) is 4.02. The number of carbonyl (C=O) groups excluding carboxylic acids is 1. The topological polar surface area (TPSA) is 41.4 Å². The summed E-state index contributed by atoms with van der Waals surface area (Å²) in [5.74, 6) is -0.273. The van der Waals surface area contributed by atoms with Crippen molar-refractivity contribution in [2.24, 2.45) is 0 Å². The molecule has 3 aromatic rings. The van der Waals surface area contributed by atoms with Gasteiger partial charge in [-0.15, -0.1) is 0 Å². The minimum Gasteiger partial charge on any atom is -0.328 e. The summed E-state index contributed by atoms with van der Waals surface area (Å²) < 4.78 is 15.3. The molecule has 1 aliphatic heterocycles. The van der Waals surface area contributed by atoms with E-state index in [1.165, 1.54) is 12.1 Å². The Labute approximate surface area is 182 Å². The van der Waals surface area contributed by atoms with Crippen molar-refractivity contribution in [2.75, 3.05) is 26.7 Å². The fraction of sp³-hybridized carbons (Fsp3) is 0.360. The Bertz CT molecular complexity index is 1080. The van der Waals surface area contributed by atoms with Crippen molar-refractivity contribution in [1.82, 2.24) is 19.6 Å². The number of halogens is 1. The van der Waals surface area contributed by atoms with Gasteiger partial charge in [-0.2, -0.15) is 5.10 Å². The molecule has 6 heteroatoms. The van der Waals surface area contributed by atoms with Gasteiger partial charge in [-0.3, -0.25) is 4.79 Å². The van der Waals surface area contributed by atoms with E-state index in [1.807, 2.05) is 27.8 Å². The van der Waals surface area contributed by atoms with Crippen LogP contribution in [0, 0.1) is 5.82 Å². The molecule has 1 aromatic heterocycles. The summed E-state index contributed by atoms with van der Waals surface area (Å²) in [5, 5.41) is 4.80. The third-order valence-electron chi connectivity index (χ3n) is 6.48. The van der Waals surface area contributed by atoms with Gasteiger partial charge in [-0.1, -0.05) is 30.3 Å². The van der Waals surface area contributed by atoms with Crippen LogP contribution in [-0.4, -0.2) is 52.2 Å². The van der Waals surface area contributed by atoms with Crippen LogP contribution >= 0.6 is 0 Å². The predicted molar refractivity (Wildman–Crippen MR) is 118 cm³/mol. The van der Waals surface area contributed by atoms with Gasteiger partial charge in [0.25, 0.3) is 5.91 Å². The van der Waals surface area contributed by atoms with Gasteiger partial charge in [0.05, 0.1) is 11.7 Å². The summed E-state index contributed by atoms with van der Waals surface area (Å²) in [6, 6.07) is 16.6. The van der Waals surface area contributed by atoms with Crippen molar-refractivity contribution in [3.05, 3.63) is 82.9 Å². The molecule has 0 radical (unpaired) electrons. The molecule has 0 bridgehead atoms. The summed E-state index contributed by atoms with van der Waals surface area (Å²) in [5.41, 5.74) is 4.66. The lowest BCUT2D eigenvalue weighted by molar-refractivity contribution is 0.0490. The molecular formula is C25H27FN4O. The number of carbonyl (C=O) groups is 1. The van der Waals surface area contributed by atoms with Crippen LogP contribution in [0.3, 0.4) is 0 Å². The van der Waals surface area contributed by atoms with Crippen LogP contribution in [-0.2, 0) is 12.8 Å². The van der Waals surface area contributed by atoms with Crippen LogP contribution in [0.25, 0.3) is 5.69 Å². The Morgan fingerprint density at radius 2 is 1.74 bits per heavy atom. The standard InChI is InChI=1S/C25H27FN4O/c1-28-15-16-29(23(17-28)18-7-3-2-4-8-18)25(31)24-21-9-5-6-10-22(21)30(27-24)20-13-11-19(26)12-14-20/h2-4,7-8,11-14,23H,5-6,9-10,15-17H2,1H3. The molecular weight excluding hydrogens is 391 g/mol. The lowest BCUT2D eigenvalue weighted by Gasteiger charge is -2.40. The van der Waals surface area contributed by atoms with E-state index in [0.29, 0.717) is 12.2 Å². The number of amides is 1. The van der Waals surface area contributed by atoms with Gasteiger partial charge in [-0.05, 0) is 62.6 Å². The number of piperazine rings is 1. The summed E-state index contributed by atoms with van der Waals surface area (Å²) in [4.78, 5) is 18.1. The quantitative estimate of drug-likeness (QED) is 0.645. The zero-order valence-electron chi connectivity index (χ0n) is 17.8. The van der Waals surface area contributed by atoms with E-state index in [0.717, 1.165) is 61.3 Å². The van der Waals surface area contributed by atoms with Crippen LogP contribution in [0.15, 0.2) is 54.6 Å². The van der Waals surface area contributed by atoms with E-state index in [4.69, 9.17) is 5.10 Å². The molecule has 2 aliphatic rings. The van der Waals surface area contributed by atoms with E-state index in [2.05, 4.69) is 24.1 Å². The van der Waals surface area contributed by atoms with Gasteiger partial charge < -0.3 is 9.80 Å². The van der Waals surface area contributed by atoms with Gasteiger partial charge in [0.15, 0.2) is 5.69 Å². The normalized spacial score (nSPS) is 19.3. The van der Waals surface area contributed by atoms with Crippen molar-refractivity contribution < 1.29 is 9.18 Å². The van der Waals surface area contributed by atoms with E-state index in [9.17, 15) is 9.18 Å². The molecule has 5 nitrogen and oxygen atoms in total. The van der Waals surface area contributed by atoms with Crippen LogP contribution < -0.4 is 0 Å². The van der Waals surface area contributed by atoms with Crippen molar-refractivity contribution in [1.29, 1.82) is 0 Å². The number of hydrogen-bond acceptors (Lipinski definition) is 3. The van der Waals surface area contributed by atoms with Crippen LogP contribution in [0.4, 0.5) is 4.39 Å². The Kier molecular flexibility index (Phi) is 5.32. The number of hydrogen-bond donors (Lipinski definition) is 0. The number of fused-ring (bicyclic) bond motifs is 1. The second kappa shape index (κ2) is 8.27. The molecule has 31 heavy (non-hydrogen) atoms. The second-order valence-corrected chi connectivity index (χ2v) is 8.56. The summed E-state index contributed by atoms with van der Waals surface area (Å²) in [6.07, 6.45) is 3.89. The molecule has 0 spiro atoms. The maximum Gasteiger partial charge on any atom is 0.275 e. The Balaban J connectivity index is 1.54. The Morgan fingerprint density at radius 3 is 2.52 bits per heavy atom. The van der Waals surface area contributed by atoms with E-state index >= 15 is 0 Å². The molecule has 1 unspecified atom stereocenters. The maximum atomic E-state index is 13.8. The molecule has 1 atom stereocenters. The first-order chi connectivity index (χ1) is 15.1. The van der Waals surface area contributed by atoms with Gasteiger partial charge in [-0.25, -0.2) is 9.07 Å². The maximum absolute atomic E-state index is 13.8. The van der Waals surface area contributed by atoms with E-state index in [1.54, 1.807) is 12.1 Å². The molecule has 1 amide bonds. The lowest BCUT2D eigenvalue weighted by atomic mass is 9.94. The highest BCUT2D eigenvalue weighted by Crippen LogP contribution is 2.31. The highest BCUT2D eigenvalue weighted by atomic mass is 19.1. The molecule has 1 aliphatic carbocycles. The molecule has 0 N–H and O–H groups in total. The van der Waals surface area contributed by atoms with Gasteiger partial charge in [0.1, 0.15) is 5.82 Å². The van der Waals surface area contributed by atoms with Crippen molar-refractivity contribution >= 4 is 5.91 Å². The molecule has 2 aromatic carbocycles. The van der Waals surface area contributed by atoms with Crippen molar-refractivity contribution in [2.45, 2.75) is 31.7 Å². The average Bonchev–Trinajstić information content (AvgIpc) is 3.19. The third kappa shape index (κ3) is 3.76. The van der Waals surface area contributed by atoms with Crippen molar-refractivity contribution in [3.8, 4) is 5.69 Å². The smallest absolute Gasteiger partial charge is 0.275 e. The van der Waals surface area contributed by atoms with Crippen LogP contribution in [0.1, 0.15) is 46.2 Å². The number of rotatable bonds is 3. The first-order valence-corrected chi connectivity index (χ1v) is 11.0. The number of nitrogens with zero attached hydrogens (tertiary/aromatic N) is 4. The van der Waals surface area contributed by atoms with Gasteiger partial charge in [0, 0.05) is 30.9 Å². The zero-order chi connectivity index (χ0) is 21.4. The molecule has 5 rings (SSSR count). The monoisotopic (exact) mass is 418 g/mol. The Morgan fingerprint density at radius 1 is 1.00 bits per heavy atom. The third-order valence-corrected chi connectivity index (χ3v) is 6.48. The van der Waals surface area contributed by atoms with Gasteiger partial charge >= 0.3 is 0 Å². The summed E-state index contributed by atoms with van der Waals surface area (Å²) >= 11 is 0. The summed E-state index contributed by atoms with van der Waals surface area (Å²) in [7, 11) is 2.10. The molecule has 1 saturated heterocycles. The summed E-state index contributed by atoms with van der Waals surface area (Å²) in [6.45, 7) is 2.32. The fourth-order valence-electron chi connectivity index (χ4n) is 4.83. The Hall–Kier alpha value is -2.99. The highest BCUT2D eigenvalue weighted by molar-refractivity contribution is 5.94. The molecule has 1 fully saturated rings. The van der Waals surface area contributed by atoms with Gasteiger partial charge in [0.2, 0.25) is 0 Å². The minimum atomic E-state index is -0.274.